The molecule has 3 heterocycles. The maximum absolute atomic E-state index is 5.22. The summed E-state index contributed by atoms with van der Waals surface area (Å²) in [5, 5.41) is 0. The topological polar surface area (TPSA) is 56.7 Å². The Morgan fingerprint density at radius 3 is 2.76 bits per heavy atom. The van der Waals surface area contributed by atoms with Crippen molar-refractivity contribution >= 4 is 5.82 Å². The van der Waals surface area contributed by atoms with Crippen LogP contribution in [-0.4, -0.2) is 36.3 Å². The molecule has 0 N–H and O–H groups in total. The fourth-order valence-electron chi connectivity index (χ4n) is 1.98. The van der Waals surface area contributed by atoms with Gasteiger partial charge in [-0.3, -0.25) is 0 Å². The molecular weight excluding hydrogens is 270 g/mol. The molecule has 1 aromatic carbocycles. The van der Waals surface area contributed by atoms with Crippen LogP contribution >= 0.6 is 0 Å². The molecule has 0 bridgehead atoms. The number of para-hydroxylation sites is 1. The SMILES string of the molecule is [CH]1OOc2ccccc21.[c]1cncnc1N1CCOCC1. The number of ether oxygens (including phenoxy) is 1. The third kappa shape index (κ3) is 3.68. The van der Waals surface area contributed by atoms with Gasteiger partial charge in [0.05, 0.1) is 13.2 Å². The van der Waals surface area contributed by atoms with Crippen LogP contribution in [0.4, 0.5) is 5.82 Å². The number of aromatic nitrogens is 2. The number of morpholine rings is 1. The standard InChI is InChI=1S/C8H10N3O.C7H5O2/c1-2-9-7-10-8(1)11-3-5-12-6-4-11;1-2-4-7-6(3-1)5-8-9-7/h2,7H,3-6H2;1-5H. The summed E-state index contributed by atoms with van der Waals surface area (Å²) >= 11 is 0. The van der Waals surface area contributed by atoms with Crippen molar-refractivity contribution in [2.45, 2.75) is 0 Å². The maximum Gasteiger partial charge on any atom is 0.171 e. The molecule has 0 aliphatic carbocycles. The summed E-state index contributed by atoms with van der Waals surface area (Å²) in [6.07, 6.45) is 3.18. The van der Waals surface area contributed by atoms with Gasteiger partial charge >= 0.3 is 0 Å². The second-order valence-electron chi connectivity index (χ2n) is 4.43. The molecule has 0 spiro atoms. The average Bonchev–Trinajstić information content (AvgIpc) is 3.06. The van der Waals surface area contributed by atoms with Crippen molar-refractivity contribution in [2.24, 2.45) is 0 Å². The largest absolute Gasteiger partial charge is 0.378 e. The molecule has 0 amide bonds. The van der Waals surface area contributed by atoms with E-state index in [0.717, 1.165) is 43.4 Å². The zero-order chi connectivity index (χ0) is 14.3. The van der Waals surface area contributed by atoms with Crippen LogP contribution < -0.4 is 9.79 Å². The van der Waals surface area contributed by atoms with E-state index in [0.29, 0.717) is 0 Å². The highest BCUT2D eigenvalue weighted by Crippen LogP contribution is 2.25. The third-order valence-electron chi connectivity index (χ3n) is 3.06. The highest BCUT2D eigenvalue weighted by molar-refractivity contribution is 5.38. The number of hydrogen-bond acceptors (Lipinski definition) is 6. The van der Waals surface area contributed by atoms with Crippen molar-refractivity contribution in [1.29, 1.82) is 0 Å². The monoisotopic (exact) mass is 285 g/mol. The molecule has 2 radical (unpaired) electrons. The van der Waals surface area contributed by atoms with Gasteiger partial charge < -0.3 is 14.5 Å². The average molecular weight is 285 g/mol. The molecule has 108 valence electrons. The molecular formula is C15H15N3O3. The normalized spacial score (nSPS) is 16.5. The van der Waals surface area contributed by atoms with E-state index in [4.69, 9.17) is 9.62 Å². The van der Waals surface area contributed by atoms with Gasteiger partial charge in [-0.15, -0.1) is 0 Å². The van der Waals surface area contributed by atoms with E-state index in [9.17, 15) is 0 Å². The van der Waals surface area contributed by atoms with Gasteiger partial charge in [-0.2, -0.15) is 4.89 Å². The molecule has 0 unspecified atom stereocenters. The van der Waals surface area contributed by atoms with E-state index < -0.39 is 0 Å². The predicted molar refractivity (Wildman–Crippen MR) is 75.5 cm³/mol. The van der Waals surface area contributed by atoms with Crippen LogP contribution in [-0.2, 0) is 9.62 Å². The summed E-state index contributed by atoms with van der Waals surface area (Å²) in [4.78, 5) is 19.4. The zero-order valence-corrected chi connectivity index (χ0v) is 11.4. The lowest BCUT2D eigenvalue weighted by molar-refractivity contribution is -0.149. The smallest absolute Gasteiger partial charge is 0.171 e. The Morgan fingerprint density at radius 2 is 2.00 bits per heavy atom. The predicted octanol–water partition coefficient (Wildman–Crippen LogP) is 1.63. The Hall–Kier alpha value is -2.18. The van der Waals surface area contributed by atoms with Crippen molar-refractivity contribution in [3.8, 4) is 5.75 Å². The van der Waals surface area contributed by atoms with Crippen LogP contribution in [0.3, 0.4) is 0 Å². The van der Waals surface area contributed by atoms with Gasteiger partial charge in [-0.1, -0.05) is 18.2 Å². The highest BCUT2D eigenvalue weighted by Gasteiger charge is 2.12. The van der Waals surface area contributed by atoms with Crippen LogP contribution in [0.25, 0.3) is 0 Å². The summed E-state index contributed by atoms with van der Waals surface area (Å²) in [5.74, 6) is 1.66. The summed E-state index contributed by atoms with van der Waals surface area (Å²) < 4.78 is 5.22. The van der Waals surface area contributed by atoms with E-state index in [1.54, 1.807) is 19.1 Å². The number of hydrogen-bond donors (Lipinski definition) is 0. The fraction of sp³-hybridized carbons (Fsp3) is 0.267. The second kappa shape index (κ2) is 7.01. The molecule has 6 heteroatoms. The second-order valence-corrected chi connectivity index (χ2v) is 4.43. The minimum Gasteiger partial charge on any atom is -0.378 e. The molecule has 21 heavy (non-hydrogen) atoms. The van der Waals surface area contributed by atoms with Crippen LogP contribution in [0.1, 0.15) is 5.56 Å². The number of anilines is 1. The van der Waals surface area contributed by atoms with Gasteiger partial charge in [0.25, 0.3) is 0 Å². The molecule has 1 saturated heterocycles. The molecule has 2 aliphatic heterocycles. The molecule has 6 nitrogen and oxygen atoms in total. The number of benzene rings is 1. The van der Waals surface area contributed by atoms with Gasteiger partial charge in [0.1, 0.15) is 12.1 Å². The summed E-state index contributed by atoms with van der Waals surface area (Å²) in [6, 6.07) is 10.6. The first kappa shape index (κ1) is 13.8. The Bertz CT molecular complexity index is 536. The van der Waals surface area contributed by atoms with Crippen molar-refractivity contribution in [3.63, 3.8) is 0 Å². The fourth-order valence-corrected chi connectivity index (χ4v) is 1.98. The van der Waals surface area contributed by atoms with Crippen molar-refractivity contribution in [2.75, 3.05) is 31.2 Å². The summed E-state index contributed by atoms with van der Waals surface area (Å²) in [6.45, 7) is 4.92. The van der Waals surface area contributed by atoms with Crippen LogP contribution in [0.15, 0.2) is 36.8 Å². The molecule has 0 atom stereocenters. The van der Waals surface area contributed by atoms with Crippen molar-refractivity contribution in [1.82, 2.24) is 9.97 Å². The minimum atomic E-state index is 0.776. The van der Waals surface area contributed by atoms with Crippen LogP contribution in [0.5, 0.6) is 5.75 Å². The first-order valence-electron chi connectivity index (χ1n) is 6.69. The van der Waals surface area contributed by atoms with Gasteiger partial charge in [-0.25, -0.2) is 9.97 Å². The van der Waals surface area contributed by atoms with Crippen molar-refractivity contribution in [3.05, 3.63) is 55.0 Å². The molecule has 1 aromatic heterocycles. The quantitative estimate of drug-likeness (QED) is 0.742. The van der Waals surface area contributed by atoms with E-state index in [1.165, 1.54) is 0 Å². The lowest BCUT2D eigenvalue weighted by atomic mass is 10.2. The number of fused-ring (bicyclic) bond motifs is 1. The first-order chi connectivity index (χ1) is 10.4. The molecule has 0 saturated carbocycles. The minimum absolute atomic E-state index is 0.776. The van der Waals surface area contributed by atoms with Gasteiger partial charge in [0.15, 0.2) is 12.4 Å². The van der Waals surface area contributed by atoms with Crippen molar-refractivity contribution < 1.29 is 14.5 Å². The summed E-state index contributed by atoms with van der Waals surface area (Å²) in [7, 11) is 0. The number of rotatable bonds is 1. The van der Waals surface area contributed by atoms with E-state index in [2.05, 4.69) is 25.8 Å². The Kier molecular flexibility index (Phi) is 4.60. The molecule has 2 aromatic rings. The lowest BCUT2D eigenvalue weighted by Crippen LogP contribution is -2.36. The Morgan fingerprint density at radius 1 is 1.14 bits per heavy atom. The lowest BCUT2D eigenvalue weighted by Gasteiger charge is -2.27. The van der Waals surface area contributed by atoms with Gasteiger partial charge in [-0.05, 0) is 6.07 Å². The van der Waals surface area contributed by atoms with Gasteiger partial charge in [0.2, 0.25) is 0 Å². The first-order valence-corrected chi connectivity index (χ1v) is 6.69. The zero-order valence-electron chi connectivity index (χ0n) is 11.4. The maximum atomic E-state index is 5.22. The van der Waals surface area contributed by atoms with Gasteiger partial charge in [0, 0.05) is 30.9 Å². The van der Waals surface area contributed by atoms with E-state index in [1.807, 2.05) is 24.3 Å². The molecule has 4 rings (SSSR count). The molecule has 2 aliphatic rings. The van der Waals surface area contributed by atoms with Crippen LogP contribution in [0.2, 0.25) is 0 Å². The Labute approximate surface area is 123 Å². The van der Waals surface area contributed by atoms with E-state index >= 15 is 0 Å². The number of nitrogens with zero attached hydrogens (tertiary/aromatic N) is 3. The van der Waals surface area contributed by atoms with Crippen LogP contribution in [0, 0.1) is 12.7 Å². The summed E-state index contributed by atoms with van der Waals surface area (Å²) in [5.41, 5.74) is 0.998. The Balaban J connectivity index is 0.000000131. The van der Waals surface area contributed by atoms with E-state index in [-0.39, 0.29) is 0 Å². The third-order valence-corrected chi connectivity index (χ3v) is 3.06. The molecule has 1 fully saturated rings. The highest BCUT2D eigenvalue weighted by atomic mass is 17.2.